The summed E-state index contributed by atoms with van der Waals surface area (Å²) in [6.45, 7) is 6.13. The van der Waals surface area contributed by atoms with Crippen molar-refractivity contribution in [1.29, 1.82) is 0 Å². The topological polar surface area (TPSA) is 18.5 Å². The quantitative estimate of drug-likeness (QED) is 0.0972. The average Bonchev–Trinajstić information content (AvgIpc) is 2.95. The second-order valence-electron chi connectivity index (χ2n) is 11.1. The minimum atomic E-state index is 0.780. The number of unbranched alkanes of at least 4 members (excludes halogenated alkanes) is 16. The monoisotopic (exact) mass is 518 g/mol. The number of hydrogen-bond donors (Lipinski definition) is 0. The van der Waals surface area contributed by atoms with Crippen molar-refractivity contribution in [1.82, 2.24) is 0 Å². The van der Waals surface area contributed by atoms with Crippen molar-refractivity contribution in [3.05, 3.63) is 48.5 Å². The van der Waals surface area contributed by atoms with Crippen LogP contribution in [0.15, 0.2) is 48.5 Å². The van der Waals surface area contributed by atoms with Crippen LogP contribution >= 0.6 is 0 Å². The predicted octanol–water partition coefficient (Wildman–Crippen LogP) is 11.8. The maximum atomic E-state index is 6.50. The van der Waals surface area contributed by atoms with E-state index in [0.29, 0.717) is 0 Å². The first-order chi connectivity index (χ1) is 18.9. The molecule has 0 N–H and O–H groups in total. The molecule has 3 aromatic carbocycles. The summed E-state index contributed by atoms with van der Waals surface area (Å²) in [5.74, 6) is 2.04. The molecule has 0 bridgehead atoms. The van der Waals surface area contributed by atoms with Gasteiger partial charge in [0.05, 0.1) is 13.2 Å². The summed E-state index contributed by atoms with van der Waals surface area (Å²) in [5.41, 5.74) is 0. The van der Waals surface area contributed by atoms with Gasteiger partial charge in [-0.25, -0.2) is 0 Å². The van der Waals surface area contributed by atoms with Gasteiger partial charge >= 0.3 is 0 Å². The van der Waals surface area contributed by atoms with Crippen molar-refractivity contribution >= 4 is 21.5 Å². The van der Waals surface area contributed by atoms with Crippen LogP contribution in [-0.4, -0.2) is 13.2 Å². The second kappa shape index (κ2) is 18.9. The Morgan fingerprint density at radius 3 is 0.921 bits per heavy atom. The van der Waals surface area contributed by atoms with Crippen LogP contribution in [0.2, 0.25) is 0 Å². The first-order valence-corrected chi connectivity index (χ1v) is 16.1. The van der Waals surface area contributed by atoms with E-state index >= 15 is 0 Å². The molecule has 0 saturated carbocycles. The van der Waals surface area contributed by atoms with Crippen molar-refractivity contribution < 1.29 is 9.47 Å². The molecule has 3 rings (SSSR count). The standard InChI is InChI=1S/C36H54O2/c1-3-5-7-9-11-13-15-17-23-29-37-35-31-25-19-21-27-33(31)36(34-28-22-20-26-32(34)35)38-30-24-18-16-14-12-10-8-6-4-2/h19-22,25-28H,3-18,23-24,29-30H2,1-2H3. The van der Waals surface area contributed by atoms with Gasteiger partial charge in [0.2, 0.25) is 0 Å². The lowest BCUT2D eigenvalue weighted by atomic mass is 10.0. The van der Waals surface area contributed by atoms with E-state index < -0.39 is 0 Å². The van der Waals surface area contributed by atoms with E-state index in [0.717, 1.165) is 37.6 Å². The highest BCUT2D eigenvalue weighted by Gasteiger charge is 2.15. The fourth-order valence-corrected chi connectivity index (χ4v) is 5.53. The molecule has 0 aliphatic carbocycles. The van der Waals surface area contributed by atoms with Crippen molar-refractivity contribution in [3.8, 4) is 11.5 Å². The number of rotatable bonds is 22. The molecule has 3 aromatic rings. The van der Waals surface area contributed by atoms with Crippen LogP contribution in [-0.2, 0) is 0 Å². The Kier molecular flexibility index (Phi) is 15.1. The smallest absolute Gasteiger partial charge is 0.135 e. The van der Waals surface area contributed by atoms with Crippen LogP contribution < -0.4 is 9.47 Å². The Balaban J connectivity index is 1.52. The van der Waals surface area contributed by atoms with Gasteiger partial charge in [0.1, 0.15) is 11.5 Å². The molecule has 2 nitrogen and oxygen atoms in total. The average molecular weight is 519 g/mol. The van der Waals surface area contributed by atoms with E-state index in [2.05, 4.69) is 62.4 Å². The number of benzene rings is 3. The molecule has 0 heterocycles. The molecule has 0 aliphatic heterocycles. The lowest BCUT2D eigenvalue weighted by Gasteiger charge is -2.18. The first-order valence-electron chi connectivity index (χ1n) is 16.1. The van der Waals surface area contributed by atoms with Gasteiger partial charge in [-0.2, -0.15) is 0 Å². The molecule has 0 radical (unpaired) electrons. The summed E-state index contributed by atoms with van der Waals surface area (Å²) in [4.78, 5) is 0. The number of ether oxygens (including phenoxy) is 2. The van der Waals surface area contributed by atoms with Crippen LogP contribution in [0.25, 0.3) is 21.5 Å². The maximum Gasteiger partial charge on any atom is 0.135 e. The van der Waals surface area contributed by atoms with E-state index in [4.69, 9.17) is 9.47 Å². The van der Waals surface area contributed by atoms with Crippen molar-refractivity contribution in [2.75, 3.05) is 13.2 Å². The Morgan fingerprint density at radius 1 is 0.368 bits per heavy atom. The van der Waals surface area contributed by atoms with Crippen LogP contribution in [0.4, 0.5) is 0 Å². The molecule has 210 valence electrons. The van der Waals surface area contributed by atoms with Gasteiger partial charge in [0.25, 0.3) is 0 Å². The van der Waals surface area contributed by atoms with E-state index in [9.17, 15) is 0 Å². The normalized spacial score (nSPS) is 11.4. The van der Waals surface area contributed by atoms with E-state index in [1.807, 2.05) is 0 Å². The van der Waals surface area contributed by atoms with Gasteiger partial charge in [0, 0.05) is 21.5 Å². The molecule has 0 fully saturated rings. The SMILES string of the molecule is CCCCCCCCCCCOc1c2ccccc2c(OCCCCCCCCCCC)c2ccccc12. The molecule has 2 heteroatoms. The molecule has 0 aliphatic rings. The van der Waals surface area contributed by atoms with Gasteiger partial charge in [-0.3, -0.25) is 0 Å². The second-order valence-corrected chi connectivity index (χ2v) is 11.1. The zero-order valence-corrected chi connectivity index (χ0v) is 24.6. The maximum absolute atomic E-state index is 6.50. The third-order valence-corrected chi connectivity index (χ3v) is 7.82. The van der Waals surface area contributed by atoms with Crippen LogP contribution in [0, 0.1) is 0 Å². The minimum absolute atomic E-state index is 0.780. The summed E-state index contributed by atoms with van der Waals surface area (Å²) < 4.78 is 13.0. The Labute approximate surface area is 233 Å². The van der Waals surface area contributed by atoms with Crippen LogP contribution in [0.3, 0.4) is 0 Å². The van der Waals surface area contributed by atoms with Gasteiger partial charge in [-0.15, -0.1) is 0 Å². The summed E-state index contributed by atoms with van der Waals surface area (Å²) in [7, 11) is 0. The molecular formula is C36H54O2. The van der Waals surface area contributed by atoms with Crippen LogP contribution in [0.5, 0.6) is 11.5 Å². The molecule has 0 atom stereocenters. The highest BCUT2D eigenvalue weighted by atomic mass is 16.5. The van der Waals surface area contributed by atoms with E-state index in [1.165, 1.54) is 124 Å². The zero-order valence-electron chi connectivity index (χ0n) is 24.6. The molecular weight excluding hydrogens is 464 g/mol. The minimum Gasteiger partial charge on any atom is -0.492 e. The van der Waals surface area contributed by atoms with Gasteiger partial charge < -0.3 is 9.47 Å². The number of fused-ring (bicyclic) bond motifs is 2. The first kappa shape index (κ1) is 30.3. The van der Waals surface area contributed by atoms with Crippen LogP contribution in [0.1, 0.15) is 129 Å². The summed E-state index contributed by atoms with van der Waals surface area (Å²) >= 11 is 0. The molecule has 0 amide bonds. The molecule has 0 aromatic heterocycles. The van der Waals surface area contributed by atoms with Crippen molar-refractivity contribution in [3.63, 3.8) is 0 Å². The van der Waals surface area contributed by atoms with Crippen molar-refractivity contribution in [2.24, 2.45) is 0 Å². The molecule has 38 heavy (non-hydrogen) atoms. The highest BCUT2D eigenvalue weighted by molar-refractivity contribution is 6.11. The van der Waals surface area contributed by atoms with E-state index in [-0.39, 0.29) is 0 Å². The third-order valence-electron chi connectivity index (χ3n) is 7.82. The fraction of sp³-hybridized carbons (Fsp3) is 0.611. The Hall–Kier alpha value is -2.22. The predicted molar refractivity (Wildman–Crippen MR) is 167 cm³/mol. The summed E-state index contributed by atoms with van der Waals surface area (Å²) in [6.07, 6.45) is 23.9. The highest BCUT2D eigenvalue weighted by Crippen LogP contribution is 2.42. The fourth-order valence-electron chi connectivity index (χ4n) is 5.53. The lowest BCUT2D eigenvalue weighted by Crippen LogP contribution is -2.02. The van der Waals surface area contributed by atoms with E-state index in [1.54, 1.807) is 0 Å². The van der Waals surface area contributed by atoms with Gasteiger partial charge in [0.15, 0.2) is 0 Å². The lowest BCUT2D eigenvalue weighted by molar-refractivity contribution is 0.306. The molecule has 0 spiro atoms. The largest absolute Gasteiger partial charge is 0.492 e. The Morgan fingerprint density at radius 2 is 0.632 bits per heavy atom. The molecule has 0 saturated heterocycles. The van der Waals surface area contributed by atoms with Gasteiger partial charge in [-0.1, -0.05) is 165 Å². The summed E-state index contributed by atoms with van der Waals surface area (Å²) in [5, 5.41) is 4.68. The number of hydrogen-bond acceptors (Lipinski definition) is 2. The summed E-state index contributed by atoms with van der Waals surface area (Å²) in [6, 6.07) is 17.2. The zero-order chi connectivity index (χ0) is 26.7. The molecule has 0 unspecified atom stereocenters. The van der Waals surface area contributed by atoms with Gasteiger partial charge in [-0.05, 0) is 12.8 Å². The Bertz CT molecular complexity index is 885. The third kappa shape index (κ3) is 10.2. The van der Waals surface area contributed by atoms with Crippen molar-refractivity contribution in [2.45, 2.75) is 129 Å².